The zero-order chi connectivity index (χ0) is 40.5. The summed E-state index contributed by atoms with van der Waals surface area (Å²) in [6.45, 7) is 6.18. The van der Waals surface area contributed by atoms with E-state index in [4.69, 9.17) is 21.1 Å². The molecule has 1 atom stereocenters. The van der Waals surface area contributed by atoms with Crippen molar-refractivity contribution in [3.8, 4) is 39.8 Å². The van der Waals surface area contributed by atoms with Gasteiger partial charge in [-0.3, -0.25) is 15.1 Å². The molecule has 1 unspecified atom stereocenters. The van der Waals surface area contributed by atoms with Crippen molar-refractivity contribution < 1.29 is 32.9 Å². The van der Waals surface area contributed by atoms with Crippen molar-refractivity contribution in [2.45, 2.75) is 52.6 Å². The van der Waals surface area contributed by atoms with Gasteiger partial charge in [0, 0.05) is 55.5 Å². The number of rotatable bonds is 18. The summed E-state index contributed by atoms with van der Waals surface area (Å²) in [5, 5.41) is 35.1. The Morgan fingerprint density at radius 1 is 0.875 bits per heavy atom. The fraction of sp³-hybridized carbons (Fsp3) is 0.279. The number of benzene rings is 4. The quantitative estimate of drug-likeness (QED) is 0.0690. The van der Waals surface area contributed by atoms with Gasteiger partial charge in [0.2, 0.25) is 0 Å². The van der Waals surface area contributed by atoms with Crippen LogP contribution in [0.3, 0.4) is 0 Å². The monoisotopic (exact) mass is 796 g/mol. The normalized spacial score (nSPS) is 12.4. The summed E-state index contributed by atoms with van der Waals surface area (Å²) in [4.78, 5) is 15.9. The van der Waals surface area contributed by atoms with E-state index in [1.807, 2.05) is 30.3 Å². The number of carboxylic acid groups (broad SMARTS) is 1. The van der Waals surface area contributed by atoms with Gasteiger partial charge in [0.1, 0.15) is 46.2 Å². The van der Waals surface area contributed by atoms with Crippen LogP contribution in [0.1, 0.15) is 45.9 Å². The predicted molar refractivity (Wildman–Crippen MR) is 217 cm³/mol. The Morgan fingerprint density at radius 3 is 2.23 bits per heavy atom. The fourth-order valence-corrected chi connectivity index (χ4v) is 6.81. The smallest absolute Gasteiger partial charge is 0.326 e. The maximum atomic E-state index is 11.8. The molecule has 1 aromatic heterocycles. The second kappa shape index (κ2) is 18.6. The first-order valence-electron chi connectivity index (χ1n) is 17.9. The number of hydrogen-bond donors (Lipinski definition) is 4. The molecule has 0 amide bonds. The van der Waals surface area contributed by atoms with E-state index in [1.54, 1.807) is 24.4 Å². The van der Waals surface area contributed by atoms with Gasteiger partial charge < -0.3 is 25.0 Å². The number of hydrogen-bond acceptors (Lipinski definition) is 10. The number of carboxylic acids is 1. The summed E-state index contributed by atoms with van der Waals surface area (Å²) in [5.41, 5.74) is 8.49. The first-order valence-corrected chi connectivity index (χ1v) is 20.3. The minimum Gasteiger partial charge on any atom is -0.488 e. The number of aliphatic carboxylic acids is 1. The highest BCUT2D eigenvalue weighted by molar-refractivity contribution is 7.90. The Labute approximate surface area is 332 Å². The first kappa shape index (κ1) is 41.9. The van der Waals surface area contributed by atoms with E-state index in [0.717, 1.165) is 44.5 Å². The van der Waals surface area contributed by atoms with Crippen LogP contribution in [0.2, 0.25) is 5.02 Å². The van der Waals surface area contributed by atoms with Crippen molar-refractivity contribution in [1.29, 1.82) is 5.26 Å². The molecule has 0 aliphatic heterocycles. The highest BCUT2D eigenvalue weighted by atomic mass is 35.5. The molecule has 5 aromatic rings. The van der Waals surface area contributed by atoms with Crippen LogP contribution in [0, 0.1) is 25.2 Å². The van der Waals surface area contributed by atoms with E-state index >= 15 is 0 Å². The van der Waals surface area contributed by atoms with Crippen LogP contribution >= 0.6 is 11.6 Å². The average Bonchev–Trinajstić information content (AvgIpc) is 3.18. The minimum atomic E-state index is -3.01. The molecule has 0 saturated heterocycles. The Balaban J connectivity index is 1.36. The molecular formula is C43H45ClN4O7S. The standard InChI is InChI=1S/C43H45ClN4O7S/c1-28-34(7-5-9-37(28)38-10-6-8-36(29(38)2)33-13-11-30(12-14-33)21-46-15-16-56(4,52)53)26-55-41-19-40(54-25-32-17-31(20-45)22-47-23-32)35(18-39(41)44)24-48-43(3,27-49)42(50)51/h5-14,17-19,22-23,46,48-49H,15-16,21,24-27H2,1-4H3,(H,50,51). The largest absolute Gasteiger partial charge is 0.488 e. The molecule has 56 heavy (non-hydrogen) atoms. The SMILES string of the molecule is Cc1c(COc2cc(OCc3cncc(C#N)c3)c(CNC(C)(CO)C(=O)O)cc2Cl)cccc1-c1cccc(-c2ccc(CNCCS(C)(=O)=O)cc2)c1C. The van der Waals surface area contributed by atoms with E-state index < -0.39 is 28.0 Å². The van der Waals surface area contributed by atoms with Gasteiger partial charge >= 0.3 is 5.97 Å². The molecule has 5 rings (SSSR count). The number of pyridine rings is 1. The van der Waals surface area contributed by atoms with Crippen molar-refractivity contribution >= 4 is 27.4 Å². The highest BCUT2D eigenvalue weighted by Gasteiger charge is 2.32. The molecule has 4 aromatic carbocycles. The molecule has 4 N–H and O–H groups in total. The van der Waals surface area contributed by atoms with Gasteiger partial charge in [-0.2, -0.15) is 5.26 Å². The number of nitrogens with zero attached hydrogens (tertiary/aromatic N) is 2. The molecule has 13 heteroatoms. The molecule has 0 spiro atoms. The van der Waals surface area contributed by atoms with Crippen LogP contribution in [0.25, 0.3) is 22.3 Å². The molecule has 292 valence electrons. The molecular weight excluding hydrogens is 752 g/mol. The molecule has 0 bridgehead atoms. The number of aliphatic hydroxyl groups excluding tert-OH is 1. The summed E-state index contributed by atoms with van der Waals surface area (Å²) in [6.07, 6.45) is 4.28. The summed E-state index contributed by atoms with van der Waals surface area (Å²) in [5.74, 6) is -0.382. The summed E-state index contributed by atoms with van der Waals surface area (Å²) < 4.78 is 35.3. The summed E-state index contributed by atoms with van der Waals surface area (Å²) in [6, 6.07) is 27.6. The van der Waals surface area contributed by atoms with Gasteiger partial charge in [-0.25, -0.2) is 8.42 Å². The molecule has 0 aliphatic carbocycles. The molecule has 0 fully saturated rings. The molecule has 0 radical (unpaired) electrons. The third kappa shape index (κ3) is 10.7. The minimum absolute atomic E-state index is 0.0173. The van der Waals surface area contributed by atoms with Crippen LogP contribution in [0.15, 0.2) is 91.3 Å². The Hall–Kier alpha value is -5.29. The third-order valence-electron chi connectivity index (χ3n) is 9.59. The van der Waals surface area contributed by atoms with E-state index in [2.05, 4.69) is 65.9 Å². The van der Waals surface area contributed by atoms with E-state index in [-0.39, 0.29) is 30.5 Å². The topological polar surface area (TPSA) is 171 Å². The van der Waals surface area contributed by atoms with E-state index in [1.165, 1.54) is 19.4 Å². The number of nitrogens with one attached hydrogen (secondary N) is 2. The summed E-state index contributed by atoms with van der Waals surface area (Å²) >= 11 is 6.75. The number of ether oxygens (including phenoxy) is 2. The van der Waals surface area contributed by atoms with Crippen molar-refractivity contribution in [2.24, 2.45) is 0 Å². The first-order chi connectivity index (χ1) is 26.7. The van der Waals surface area contributed by atoms with Crippen molar-refractivity contribution in [3.63, 3.8) is 0 Å². The number of aliphatic hydroxyl groups is 1. The lowest BCUT2D eigenvalue weighted by atomic mass is 9.89. The average molecular weight is 797 g/mol. The molecule has 0 aliphatic rings. The maximum Gasteiger partial charge on any atom is 0.326 e. The zero-order valence-corrected chi connectivity index (χ0v) is 33.3. The number of carbonyl (C=O) groups is 1. The van der Waals surface area contributed by atoms with Crippen LogP contribution in [-0.2, 0) is 40.9 Å². The van der Waals surface area contributed by atoms with Crippen molar-refractivity contribution in [1.82, 2.24) is 15.6 Å². The zero-order valence-electron chi connectivity index (χ0n) is 31.7. The van der Waals surface area contributed by atoms with Gasteiger partial charge in [0.25, 0.3) is 0 Å². The molecule has 1 heterocycles. The number of sulfone groups is 1. The lowest BCUT2D eigenvalue weighted by molar-refractivity contribution is -0.145. The Bertz CT molecular complexity index is 2350. The predicted octanol–water partition coefficient (Wildman–Crippen LogP) is 6.77. The van der Waals surface area contributed by atoms with Crippen LogP contribution in [0.4, 0.5) is 0 Å². The van der Waals surface area contributed by atoms with Gasteiger partial charge in [0.15, 0.2) is 0 Å². The van der Waals surface area contributed by atoms with Crippen molar-refractivity contribution in [2.75, 3.05) is 25.2 Å². The lowest BCUT2D eigenvalue weighted by Gasteiger charge is -2.25. The second-order valence-electron chi connectivity index (χ2n) is 13.9. The lowest BCUT2D eigenvalue weighted by Crippen LogP contribution is -2.52. The van der Waals surface area contributed by atoms with Crippen LogP contribution in [-0.4, -0.2) is 60.3 Å². The van der Waals surface area contributed by atoms with Gasteiger partial charge in [-0.1, -0.05) is 72.3 Å². The number of nitriles is 1. The van der Waals surface area contributed by atoms with Crippen molar-refractivity contribution in [3.05, 3.63) is 135 Å². The van der Waals surface area contributed by atoms with E-state index in [0.29, 0.717) is 41.3 Å². The number of aromatic nitrogens is 1. The molecule has 11 nitrogen and oxygen atoms in total. The van der Waals surface area contributed by atoms with E-state index in [9.17, 15) is 28.7 Å². The summed E-state index contributed by atoms with van der Waals surface area (Å²) in [7, 11) is -3.01. The van der Waals surface area contributed by atoms with Crippen LogP contribution < -0.4 is 20.1 Å². The molecule has 0 saturated carbocycles. The Kier molecular flexibility index (Phi) is 13.9. The Morgan fingerprint density at radius 2 is 1.55 bits per heavy atom. The number of halogens is 1. The third-order valence-corrected chi connectivity index (χ3v) is 10.8. The highest BCUT2D eigenvalue weighted by Crippen LogP contribution is 2.37. The van der Waals surface area contributed by atoms with Gasteiger partial charge in [-0.15, -0.1) is 0 Å². The van der Waals surface area contributed by atoms with Crippen LogP contribution in [0.5, 0.6) is 11.5 Å². The maximum absolute atomic E-state index is 11.8. The fourth-order valence-electron chi connectivity index (χ4n) is 6.06. The second-order valence-corrected chi connectivity index (χ2v) is 16.5. The van der Waals surface area contributed by atoms with Gasteiger partial charge in [-0.05, 0) is 77.4 Å². The van der Waals surface area contributed by atoms with Gasteiger partial charge in [0.05, 0.1) is 22.9 Å².